The van der Waals surface area contributed by atoms with E-state index in [1.165, 1.54) is 6.07 Å². The van der Waals surface area contributed by atoms with Crippen molar-refractivity contribution in [3.05, 3.63) is 42.4 Å². The number of fused-ring (bicyclic) bond motifs is 1. The van der Waals surface area contributed by atoms with Crippen LogP contribution in [0.4, 0.5) is 8.78 Å². The van der Waals surface area contributed by atoms with Crippen molar-refractivity contribution in [2.24, 2.45) is 11.7 Å². The summed E-state index contributed by atoms with van der Waals surface area (Å²) >= 11 is 0. The lowest BCUT2D eigenvalue weighted by Gasteiger charge is -2.17. The molecule has 8 heteroatoms. The third-order valence-electron chi connectivity index (χ3n) is 3.94. The van der Waals surface area contributed by atoms with Gasteiger partial charge in [-0.3, -0.25) is 0 Å². The minimum Gasteiger partial charge on any atom is -0.491 e. The Balaban J connectivity index is 1.89. The lowest BCUT2D eigenvalue weighted by molar-refractivity contribution is 0.137. The summed E-state index contributed by atoms with van der Waals surface area (Å²) in [6.07, 6.45) is 1.19. The molecule has 0 aromatic carbocycles. The Morgan fingerprint density at radius 1 is 1.15 bits per heavy atom. The van der Waals surface area contributed by atoms with E-state index < -0.39 is 6.43 Å². The quantitative estimate of drug-likeness (QED) is 0.697. The summed E-state index contributed by atoms with van der Waals surface area (Å²) in [4.78, 5) is 8.29. The van der Waals surface area contributed by atoms with E-state index in [2.05, 4.69) is 15.1 Å². The van der Waals surface area contributed by atoms with Crippen molar-refractivity contribution in [1.82, 2.24) is 19.6 Å². The van der Waals surface area contributed by atoms with Crippen LogP contribution < -0.4 is 10.5 Å². The third-order valence-corrected chi connectivity index (χ3v) is 3.94. The van der Waals surface area contributed by atoms with Crippen molar-refractivity contribution in [2.75, 3.05) is 6.61 Å². The van der Waals surface area contributed by atoms with Crippen LogP contribution in [-0.2, 0) is 0 Å². The summed E-state index contributed by atoms with van der Waals surface area (Å²) in [6.45, 7) is 4.18. The van der Waals surface area contributed by atoms with Gasteiger partial charge in [-0.25, -0.2) is 23.3 Å². The summed E-state index contributed by atoms with van der Waals surface area (Å²) in [5.41, 5.74) is 6.96. The minimum atomic E-state index is -2.75. The lowest BCUT2D eigenvalue weighted by atomic mass is 10.0. The van der Waals surface area contributed by atoms with Crippen molar-refractivity contribution in [2.45, 2.75) is 32.7 Å². The number of alkyl halides is 2. The summed E-state index contributed by atoms with van der Waals surface area (Å²) in [7, 11) is 0. The van der Waals surface area contributed by atoms with Crippen molar-refractivity contribution in [3.63, 3.8) is 0 Å². The van der Waals surface area contributed by atoms with E-state index in [0.29, 0.717) is 23.6 Å². The molecule has 6 nitrogen and oxygen atoms in total. The summed E-state index contributed by atoms with van der Waals surface area (Å²) in [6, 6.07) is 6.62. The molecular weight excluding hydrogens is 340 g/mol. The summed E-state index contributed by atoms with van der Waals surface area (Å²) < 4.78 is 34.2. The van der Waals surface area contributed by atoms with E-state index >= 15 is 0 Å². The standard InChI is InChI=1S/C18H21F2N5O/c1-11(9-12(2)21)10-26-15-4-3-13(24-17(15)18(19)20)14-5-7-22-16-6-8-23-25(14)16/h3-8,11-12,18H,9-10,21H2,1-2H3. The van der Waals surface area contributed by atoms with Crippen LogP contribution in [0.25, 0.3) is 17.0 Å². The van der Waals surface area contributed by atoms with Crippen LogP contribution in [0.15, 0.2) is 36.7 Å². The Morgan fingerprint density at radius 2 is 1.96 bits per heavy atom. The van der Waals surface area contributed by atoms with Crippen LogP contribution in [0, 0.1) is 5.92 Å². The average molecular weight is 361 g/mol. The van der Waals surface area contributed by atoms with Crippen molar-refractivity contribution >= 4 is 5.65 Å². The topological polar surface area (TPSA) is 78.3 Å². The zero-order chi connectivity index (χ0) is 18.7. The highest BCUT2D eigenvalue weighted by atomic mass is 19.3. The molecule has 2 unspecified atom stereocenters. The molecule has 0 saturated heterocycles. The van der Waals surface area contributed by atoms with Gasteiger partial charge in [-0.05, 0) is 37.5 Å². The second kappa shape index (κ2) is 7.74. The number of nitrogens with two attached hydrogens (primary N) is 1. The van der Waals surface area contributed by atoms with Gasteiger partial charge in [0.25, 0.3) is 6.43 Å². The first kappa shape index (κ1) is 18.2. The maximum absolute atomic E-state index is 13.5. The molecule has 0 saturated carbocycles. The second-order valence-corrected chi connectivity index (χ2v) is 6.44. The average Bonchev–Trinajstić information content (AvgIpc) is 3.08. The minimum absolute atomic E-state index is 0.0341. The predicted molar refractivity (Wildman–Crippen MR) is 94.1 cm³/mol. The van der Waals surface area contributed by atoms with E-state index in [4.69, 9.17) is 10.5 Å². The molecule has 0 amide bonds. The van der Waals surface area contributed by atoms with Crippen LogP contribution in [0.3, 0.4) is 0 Å². The number of hydrogen-bond donors (Lipinski definition) is 1. The van der Waals surface area contributed by atoms with Gasteiger partial charge in [-0.2, -0.15) is 5.10 Å². The van der Waals surface area contributed by atoms with Crippen molar-refractivity contribution in [3.8, 4) is 17.1 Å². The molecule has 2 N–H and O–H groups in total. The molecule has 0 aliphatic carbocycles. The largest absolute Gasteiger partial charge is 0.491 e. The maximum atomic E-state index is 13.5. The SMILES string of the molecule is CC(N)CC(C)COc1ccc(-c2ccnc3ccnn23)nc1C(F)F. The number of hydrogen-bond acceptors (Lipinski definition) is 5. The first-order valence-corrected chi connectivity index (χ1v) is 8.42. The molecule has 0 bridgehead atoms. The molecule has 0 aliphatic rings. The first-order valence-electron chi connectivity index (χ1n) is 8.42. The van der Waals surface area contributed by atoms with Crippen LogP contribution in [0.5, 0.6) is 5.75 Å². The number of nitrogens with zero attached hydrogens (tertiary/aromatic N) is 4. The molecule has 0 aliphatic heterocycles. The van der Waals surface area contributed by atoms with Gasteiger partial charge in [0, 0.05) is 18.3 Å². The Morgan fingerprint density at radius 3 is 2.69 bits per heavy atom. The maximum Gasteiger partial charge on any atom is 0.284 e. The molecule has 2 atom stereocenters. The van der Waals surface area contributed by atoms with Gasteiger partial charge in [0.1, 0.15) is 11.4 Å². The number of halogens is 2. The van der Waals surface area contributed by atoms with E-state index in [1.54, 1.807) is 35.1 Å². The molecule has 26 heavy (non-hydrogen) atoms. The zero-order valence-electron chi connectivity index (χ0n) is 14.6. The van der Waals surface area contributed by atoms with Crippen molar-refractivity contribution < 1.29 is 13.5 Å². The number of ether oxygens (including phenoxy) is 1. The van der Waals surface area contributed by atoms with E-state index in [-0.39, 0.29) is 23.4 Å². The molecule has 0 spiro atoms. The van der Waals surface area contributed by atoms with Gasteiger partial charge in [0.2, 0.25) is 0 Å². The van der Waals surface area contributed by atoms with Gasteiger partial charge in [-0.1, -0.05) is 6.92 Å². The smallest absolute Gasteiger partial charge is 0.284 e. The molecule has 3 rings (SSSR count). The molecule has 3 heterocycles. The van der Waals surface area contributed by atoms with Gasteiger partial charge in [-0.15, -0.1) is 0 Å². The summed E-state index contributed by atoms with van der Waals surface area (Å²) in [5, 5.41) is 4.16. The summed E-state index contributed by atoms with van der Waals surface area (Å²) in [5.74, 6) is 0.245. The molecule has 3 aromatic rings. The Bertz CT molecular complexity index is 881. The van der Waals surface area contributed by atoms with Gasteiger partial charge in [0.15, 0.2) is 5.65 Å². The lowest BCUT2D eigenvalue weighted by Crippen LogP contribution is -2.21. The normalized spacial score (nSPS) is 13.9. The van der Waals surface area contributed by atoms with E-state index in [0.717, 1.165) is 6.42 Å². The van der Waals surface area contributed by atoms with Gasteiger partial charge in [0.05, 0.1) is 24.2 Å². The fourth-order valence-corrected chi connectivity index (χ4v) is 2.85. The monoisotopic (exact) mass is 361 g/mol. The van der Waals surface area contributed by atoms with E-state index in [9.17, 15) is 8.78 Å². The molecule has 138 valence electrons. The highest BCUT2D eigenvalue weighted by Crippen LogP contribution is 2.30. The Kier molecular flexibility index (Phi) is 5.41. The van der Waals surface area contributed by atoms with Crippen LogP contribution in [-0.4, -0.2) is 32.2 Å². The number of rotatable bonds is 7. The van der Waals surface area contributed by atoms with Crippen molar-refractivity contribution in [1.29, 1.82) is 0 Å². The highest BCUT2D eigenvalue weighted by Gasteiger charge is 2.19. The van der Waals surface area contributed by atoms with Gasteiger partial charge >= 0.3 is 0 Å². The zero-order valence-corrected chi connectivity index (χ0v) is 14.6. The second-order valence-electron chi connectivity index (χ2n) is 6.44. The predicted octanol–water partition coefficient (Wildman–Crippen LogP) is 3.48. The van der Waals surface area contributed by atoms with E-state index in [1.807, 2.05) is 13.8 Å². The fraction of sp³-hybridized carbons (Fsp3) is 0.389. The third kappa shape index (κ3) is 3.96. The fourth-order valence-electron chi connectivity index (χ4n) is 2.85. The molecule has 0 radical (unpaired) electrons. The number of pyridine rings is 1. The Labute approximate surface area is 150 Å². The van der Waals surface area contributed by atoms with Crippen LogP contribution in [0.1, 0.15) is 32.4 Å². The first-order chi connectivity index (χ1) is 12.5. The highest BCUT2D eigenvalue weighted by molar-refractivity contribution is 5.59. The molecular formula is C18H21F2N5O. The van der Waals surface area contributed by atoms with Crippen LogP contribution in [0.2, 0.25) is 0 Å². The Hall–Kier alpha value is -2.61. The number of aromatic nitrogens is 4. The molecule has 3 aromatic heterocycles. The van der Waals surface area contributed by atoms with Gasteiger partial charge < -0.3 is 10.5 Å². The molecule has 0 fully saturated rings. The van der Waals surface area contributed by atoms with Crippen LogP contribution >= 0.6 is 0 Å².